The molecule has 7 heteroatoms. The molecule has 0 unspecified atom stereocenters. The van der Waals surface area contributed by atoms with Crippen LogP contribution >= 0.6 is 22.9 Å². The molecule has 0 aliphatic heterocycles. The van der Waals surface area contributed by atoms with Gasteiger partial charge >= 0.3 is 0 Å². The summed E-state index contributed by atoms with van der Waals surface area (Å²) in [4.78, 5) is 16.3. The zero-order chi connectivity index (χ0) is 15.9. The highest BCUT2D eigenvalue weighted by Gasteiger charge is 2.15. The Labute approximate surface area is 136 Å². The number of aryl methyl sites for hydroxylation is 2. The lowest BCUT2D eigenvalue weighted by molar-refractivity contribution is -0.115. The van der Waals surface area contributed by atoms with E-state index >= 15 is 0 Å². The van der Waals surface area contributed by atoms with Gasteiger partial charge in [0.15, 0.2) is 0 Å². The van der Waals surface area contributed by atoms with Crippen LogP contribution in [0.1, 0.15) is 24.7 Å². The van der Waals surface area contributed by atoms with Crippen LogP contribution in [-0.4, -0.2) is 20.7 Å². The van der Waals surface area contributed by atoms with Crippen LogP contribution in [0.2, 0.25) is 5.02 Å². The van der Waals surface area contributed by atoms with Crippen molar-refractivity contribution >= 4 is 44.7 Å². The highest BCUT2D eigenvalue weighted by molar-refractivity contribution is 7.21. The van der Waals surface area contributed by atoms with Gasteiger partial charge in [-0.15, -0.1) is 0 Å². The van der Waals surface area contributed by atoms with E-state index in [2.05, 4.69) is 15.4 Å². The van der Waals surface area contributed by atoms with Gasteiger partial charge in [-0.1, -0.05) is 29.9 Å². The minimum Gasteiger partial charge on any atom is -0.325 e. The van der Waals surface area contributed by atoms with Crippen molar-refractivity contribution in [3.63, 3.8) is 0 Å². The summed E-state index contributed by atoms with van der Waals surface area (Å²) in [5.41, 5.74) is 3.36. The second-order valence-electron chi connectivity index (χ2n) is 5.01. The molecule has 2 aromatic heterocycles. The number of fused-ring (bicyclic) bond motifs is 1. The molecule has 22 heavy (non-hydrogen) atoms. The van der Waals surface area contributed by atoms with Gasteiger partial charge in [-0.3, -0.25) is 4.79 Å². The normalized spacial score (nSPS) is 11.1. The number of carbonyl (C=O) groups excluding carboxylic acids is 1. The average Bonchev–Trinajstić information content (AvgIpc) is 3.05. The van der Waals surface area contributed by atoms with Crippen LogP contribution in [0.25, 0.3) is 15.3 Å². The summed E-state index contributed by atoms with van der Waals surface area (Å²) in [7, 11) is 0. The second-order valence-corrected chi connectivity index (χ2v) is 6.39. The van der Waals surface area contributed by atoms with Gasteiger partial charge in [-0.2, -0.15) is 5.10 Å². The van der Waals surface area contributed by atoms with Gasteiger partial charge in [0.1, 0.15) is 5.52 Å². The van der Waals surface area contributed by atoms with Crippen molar-refractivity contribution in [1.29, 1.82) is 0 Å². The third-order valence-corrected chi connectivity index (χ3v) is 4.64. The van der Waals surface area contributed by atoms with E-state index in [1.165, 1.54) is 11.3 Å². The van der Waals surface area contributed by atoms with E-state index in [9.17, 15) is 4.79 Å². The van der Waals surface area contributed by atoms with E-state index in [4.69, 9.17) is 11.6 Å². The number of thiazole rings is 1. The number of nitrogens with zero attached hydrogens (tertiary/aromatic N) is 3. The van der Waals surface area contributed by atoms with Crippen LogP contribution in [-0.2, 0) is 4.79 Å². The van der Waals surface area contributed by atoms with Crippen molar-refractivity contribution in [2.75, 3.05) is 5.32 Å². The zero-order valence-electron chi connectivity index (χ0n) is 12.5. The topological polar surface area (TPSA) is 59.8 Å². The highest BCUT2D eigenvalue weighted by atomic mass is 35.5. The predicted octanol–water partition coefficient (Wildman–Crippen LogP) is 4.10. The van der Waals surface area contributed by atoms with Crippen molar-refractivity contribution in [3.8, 4) is 5.13 Å². The number of carbonyl (C=O) groups is 1. The lowest BCUT2D eigenvalue weighted by Gasteiger charge is -2.04. The molecule has 2 heterocycles. The van der Waals surface area contributed by atoms with Gasteiger partial charge in [0.2, 0.25) is 11.0 Å². The summed E-state index contributed by atoms with van der Waals surface area (Å²) >= 11 is 7.71. The number of hydrogen-bond acceptors (Lipinski definition) is 4. The Kier molecular flexibility index (Phi) is 3.88. The van der Waals surface area contributed by atoms with E-state index in [1.807, 2.05) is 26.8 Å². The fraction of sp³-hybridized carbons (Fsp3) is 0.267. The number of halogens is 1. The molecule has 5 nitrogen and oxygen atoms in total. The molecule has 1 N–H and O–H groups in total. The fourth-order valence-electron chi connectivity index (χ4n) is 2.21. The minimum atomic E-state index is -0.0373. The second kappa shape index (κ2) is 5.70. The Bertz CT molecular complexity index is 868. The first kappa shape index (κ1) is 15.0. The van der Waals surface area contributed by atoms with E-state index in [-0.39, 0.29) is 5.91 Å². The van der Waals surface area contributed by atoms with E-state index in [0.717, 1.165) is 26.9 Å². The Morgan fingerprint density at radius 3 is 2.82 bits per heavy atom. The summed E-state index contributed by atoms with van der Waals surface area (Å²) in [6, 6.07) is 5.55. The Balaban J connectivity index is 2.16. The molecule has 3 rings (SSSR count). The van der Waals surface area contributed by atoms with Crippen molar-refractivity contribution in [3.05, 3.63) is 34.6 Å². The van der Waals surface area contributed by atoms with Gasteiger partial charge in [0.05, 0.1) is 21.1 Å². The lowest BCUT2D eigenvalue weighted by Crippen LogP contribution is -2.09. The number of rotatable bonds is 3. The smallest absolute Gasteiger partial charge is 0.224 e. The minimum absolute atomic E-state index is 0.0373. The number of anilines is 1. The van der Waals surface area contributed by atoms with Crippen molar-refractivity contribution in [1.82, 2.24) is 14.8 Å². The molecule has 0 radical (unpaired) electrons. The number of amides is 1. The van der Waals surface area contributed by atoms with Crippen LogP contribution in [0.5, 0.6) is 0 Å². The first-order chi connectivity index (χ1) is 10.5. The molecule has 114 valence electrons. The Hall–Kier alpha value is -1.92. The monoisotopic (exact) mass is 334 g/mol. The van der Waals surface area contributed by atoms with Crippen LogP contribution < -0.4 is 5.32 Å². The third kappa shape index (κ3) is 2.60. The summed E-state index contributed by atoms with van der Waals surface area (Å²) in [6.07, 6.45) is 0.424. The number of hydrogen-bond donors (Lipinski definition) is 1. The van der Waals surface area contributed by atoms with Crippen LogP contribution in [0, 0.1) is 13.8 Å². The first-order valence-electron chi connectivity index (χ1n) is 6.92. The molecule has 0 aliphatic carbocycles. The average molecular weight is 335 g/mol. The van der Waals surface area contributed by atoms with E-state index < -0.39 is 0 Å². The van der Waals surface area contributed by atoms with Crippen molar-refractivity contribution < 1.29 is 4.79 Å². The quantitative estimate of drug-likeness (QED) is 0.784. The lowest BCUT2D eigenvalue weighted by atomic mass is 10.3. The first-order valence-corrected chi connectivity index (χ1v) is 8.11. The SMILES string of the molecule is CCC(=O)Nc1ccc(Cl)c2nc(-n3nc(C)cc3C)sc12. The van der Waals surface area contributed by atoms with Gasteiger partial charge in [-0.25, -0.2) is 9.67 Å². The molecule has 0 atom stereocenters. The molecule has 1 aromatic carbocycles. The fourth-order valence-corrected chi connectivity index (χ4v) is 3.54. The standard InChI is InChI=1S/C15H15ClN4OS/c1-4-12(21)17-11-6-5-10(16)13-14(11)22-15(18-13)20-9(3)7-8(2)19-20/h5-7H,4H2,1-3H3,(H,17,21). The molecule has 1 amide bonds. The molecular weight excluding hydrogens is 320 g/mol. The molecule has 0 saturated carbocycles. The predicted molar refractivity (Wildman–Crippen MR) is 90.1 cm³/mol. The summed E-state index contributed by atoms with van der Waals surface area (Å²) in [6.45, 7) is 5.74. The zero-order valence-corrected chi connectivity index (χ0v) is 14.0. The summed E-state index contributed by atoms with van der Waals surface area (Å²) < 4.78 is 2.65. The number of benzene rings is 1. The van der Waals surface area contributed by atoms with Crippen molar-refractivity contribution in [2.45, 2.75) is 27.2 Å². The number of aromatic nitrogens is 3. The van der Waals surface area contributed by atoms with Gasteiger partial charge in [-0.05, 0) is 32.0 Å². The van der Waals surface area contributed by atoms with E-state index in [1.54, 1.807) is 16.8 Å². The maximum atomic E-state index is 11.7. The third-order valence-electron chi connectivity index (χ3n) is 3.27. The molecule has 0 fully saturated rings. The molecule has 3 aromatic rings. The van der Waals surface area contributed by atoms with Crippen LogP contribution in [0.4, 0.5) is 5.69 Å². The van der Waals surface area contributed by atoms with Gasteiger partial charge < -0.3 is 5.32 Å². The molecular formula is C15H15ClN4OS. The molecule has 0 saturated heterocycles. The summed E-state index contributed by atoms with van der Waals surface area (Å²) in [5, 5.41) is 8.64. The summed E-state index contributed by atoms with van der Waals surface area (Å²) in [5.74, 6) is -0.0373. The molecule has 0 aliphatic rings. The van der Waals surface area contributed by atoms with Crippen LogP contribution in [0.3, 0.4) is 0 Å². The Morgan fingerprint density at radius 1 is 1.41 bits per heavy atom. The maximum Gasteiger partial charge on any atom is 0.224 e. The highest BCUT2D eigenvalue weighted by Crippen LogP contribution is 2.36. The van der Waals surface area contributed by atoms with E-state index in [0.29, 0.717) is 17.0 Å². The van der Waals surface area contributed by atoms with Gasteiger partial charge in [0.25, 0.3) is 0 Å². The maximum absolute atomic E-state index is 11.7. The van der Waals surface area contributed by atoms with Crippen molar-refractivity contribution in [2.24, 2.45) is 0 Å². The van der Waals surface area contributed by atoms with Crippen LogP contribution in [0.15, 0.2) is 18.2 Å². The molecule has 0 bridgehead atoms. The molecule has 0 spiro atoms. The largest absolute Gasteiger partial charge is 0.325 e. The number of nitrogens with one attached hydrogen (secondary N) is 1. The van der Waals surface area contributed by atoms with Gasteiger partial charge in [0, 0.05) is 12.1 Å². The Morgan fingerprint density at radius 2 is 2.18 bits per heavy atom.